The summed E-state index contributed by atoms with van der Waals surface area (Å²) in [4.78, 5) is 23.2. The molecule has 0 radical (unpaired) electrons. The fraction of sp³-hybridized carbons (Fsp3) is 0.222. The van der Waals surface area contributed by atoms with Crippen molar-refractivity contribution in [2.75, 3.05) is 0 Å². The lowest BCUT2D eigenvalue weighted by Crippen LogP contribution is -2.51. The molecule has 4 nitrogen and oxygen atoms in total. The maximum atomic E-state index is 11.6. The number of carbonyl (C=O) groups is 2. The highest BCUT2D eigenvalue weighted by Gasteiger charge is 2.58. The Morgan fingerprint density at radius 2 is 0.955 bits per heavy atom. The molecule has 4 atom stereocenters. The topological polar surface area (TPSA) is 74.6 Å². The van der Waals surface area contributed by atoms with E-state index in [0.717, 1.165) is 11.1 Å². The van der Waals surface area contributed by atoms with E-state index < -0.39 is 23.8 Å². The van der Waals surface area contributed by atoms with Crippen LogP contribution in [-0.4, -0.2) is 22.2 Å². The van der Waals surface area contributed by atoms with Crippen LogP contribution in [0.15, 0.2) is 60.7 Å². The van der Waals surface area contributed by atoms with E-state index in [1.807, 2.05) is 60.7 Å². The molecule has 0 unspecified atom stereocenters. The minimum atomic E-state index is -1.05. The fourth-order valence-corrected chi connectivity index (χ4v) is 3.54. The molecule has 2 N–H and O–H groups in total. The molecule has 22 heavy (non-hydrogen) atoms. The van der Waals surface area contributed by atoms with Gasteiger partial charge in [0.2, 0.25) is 0 Å². The maximum Gasteiger partial charge on any atom is 0.308 e. The van der Waals surface area contributed by atoms with Crippen LogP contribution in [0.4, 0.5) is 0 Å². The number of carboxylic acid groups (broad SMARTS) is 2. The zero-order valence-electron chi connectivity index (χ0n) is 11.8. The Balaban J connectivity index is 2.07. The van der Waals surface area contributed by atoms with Gasteiger partial charge in [0.25, 0.3) is 0 Å². The van der Waals surface area contributed by atoms with E-state index in [2.05, 4.69) is 0 Å². The normalized spacial score (nSPS) is 26.9. The van der Waals surface area contributed by atoms with Gasteiger partial charge in [-0.3, -0.25) is 9.59 Å². The molecular formula is C18H16O4. The van der Waals surface area contributed by atoms with Crippen molar-refractivity contribution in [1.82, 2.24) is 0 Å². The lowest BCUT2D eigenvalue weighted by molar-refractivity contribution is -0.164. The van der Waals surface area contributed by atoms with E-state index in [-0.39, 0.29) is 11.8 Å². The van der Waals surface area contributed by atoms with Crippen molar-refractivity contribution >= 4 is 11.9 Å². The van der Waals surface area contributed by atoms with Crippen LogP contribution in [0.3, 0.4) is 0 Å². The van der Waals surface area contributed by atoms with E-state index in [1.165, 1.54) is 0 Å². The van der Waals surface area contributed by atoms with Gasteiger partial charge in [0.1, 0.15) is 0 Å². The second-order valence-electron chi connectivity index (χ2n) is 5.60. The van der Waals surface area contributed by atoms with Gasteiger partial charge in [-0.2, -0.15) is 0 Å². The Morgan fingerprint density at radius 1 is 0.636 bits per heavy atom. The highest BCUT2D eigenvalue weighted by atomic mass is 16.4. The summed E-state index contributed by atoms with van der Waals surface area (Å²) < 4.78 is 0. The van der Waals surface area contributed by atoms with Crippen molar-refractivity contribution in [1.29, 1.82) is 0 Å². The Labute approximate surface area is 128 Å². The van der Waals surface area contributed by atoms with Crippen LogP contribution < -0.4 is 0 Å². The zero-order valence-corrected chi connectivity index (χ0v) is 11.8. The van der Waals surface area contributed by atoms with E-state index in [0.29, 0.717) is 0 Å². The van der Waals surface area contributed by atoms with Crippen LogP contribution in [0, 0.1) is 11.8 Å². The fourth-order valence-electron chi connectivity index (χ4n) is 3.54. The number of hydrogen-bond acceptors (Lipinski definition) is 2. The summed E-state index contributed by atoms with van der Waals surface area (Å²) in [6, 6.07) is 18.6. The van der Waals surface area contributed by atoms with E-state index in [1.54, 1.807) is 0 Å². The van der Waals surface area contributed by atoms with E-state index >= 15 is 0 Å². The van der Waals surface area contributed by atoms with Crippen molar-refractivity contribution in [3.63, 3.8) is 0 Å². The molecule has 1 aliphatic rings. The highest BCUT2D eigenvalue weighted by molar-refractivity contribution is 5.85. The predicted octanol–water partition coefficient (Wildman–Crippen LogP) is 2.97. The second-order valence-corrected chi connectivity index (χ2v) is 5.60. The first kappa shape index (κ1) is 14.3. The Hall–Kier alpha value is -2.62. The first-order valence-corrected chi connectivity index (χ1v) is 7.16. The largest absolute Gasteiger partial charge is 0.481 e. The molecular weight excluding hydrogens is 280 g/mol. The Bertz CT molecular complexity index is 619. The minimum absolute atomic E-state index is 0.317. The first-order chi connectivity index (χ1) is 10.6. The van der Waals surface area contributed by atoms with Crippen molar-refractivity contribution in [3.8, 4) is 0 Å². The van der Waals surface area contributed by atoms with Crippen LogP contribution in [-0.2, 0) is 9.59 Å². The summed E-state index contributed by atoms with van der Waals surface area (Å²) in [6.07, 6.45) is 0. The third-order valence-corrected chi connectivity index (χ3v) is 4.49. The van der Waals surface area contributed by atoms with Gasteiger partial charge in [-0.1, -0.05) is 60.7 Å². The summed E-state index contributed by atoms with van der Waals surface area (Å²) >= 11 is 0. The molecule has 0 spiro atoms. The van der Waals surface area contributed by atoms with Crippen LogP contribution in [0.25, 0.3) is 0 Å². The molecule has 4 heteroatoms. The van der Waals surface area contributed by atoms with Crippen LogP contribution in [0.5, 0.6) is 0 Å². The van der Waals surface area contributed by atoms with E-state index in [9.17, 15) is 19.8 Å². The summed E-state index contributed by atoms with van der Waals surface area (Å²) in [5, 5.41) is 19.0. The summed E-state index contributed by atoms with van der Waals surface area (Å²) in [7, 11) is 0. The lowest BCUT2D eigenvalue weighted by Gasteiger charge is -2.48. The number of rotatable bonds is 4. The standard InChI is InChI=1S/C18H16O4/c19-17(20)15-13(11-7-3-1-4-8-11)14(16(15)18(21)22)12-9-5-2-6-10-12/h1-10,13-16H,(H,19,20)(H,21,22)/t13-,14-,15-,16-/m1/s1. The lowest BCUT2D eigenvalue weighted by atomic mass is 9.52. The molecule has 2 aromatic rings. The Kier molecular flexibility index (Phi) is 3.67. The zero-order chi connectivity index (χ0) is 15.7. The first-order valence-electron chi connectivity index (χ1n) is 7.16. The monoisotopic (exact) mass is 296 g/mol. The van der Waals surface area contributed by atoms with Gasteiger partial charge >= 0.3 is 11.9 Å². The highest BCUT2D eigenvalue weighted by Crippen LogP contribution is 2.57. The van der Waals surface area contributed by atoms with Gasteiger partial charge in [0, 0.05) is 11.8 Å². The number of benzene rings is 2. The Morgan fingerprint density at radius 3 is 1.23 bits per heavy atom. The van der Waals surface area contributed by atoms with Gasteiger partial charge < -0.3 is 10.2 Å². The molecule has 1 fully saturated rings. The van der Waals surface area contributed by atoms with Gasteiger partial charge in [0.15, 0.2) is 0 Å². The van der Waals surface area contributed by atoms with Crippen molar-refractivity contribution < 1.29 is 19.8 Å². The molecule has 0 heterocycles. The molecule has 0 saturated heterocycles. The molecule has 0 amide bonds. The number of aliphatic carboxylic acids is 2. The molecule has 112 valence electrons. The van der Waals surface area contributed by atoms with Crippen LogP contribution >= 0.6 is 0 Å². The van der Waals surface area contributed by atoms with Gasteiger partial charge in [-0.05, 0) is 11.1 Å². The van der Waals surface area contributed by atoms with Gasteiger partial charge in [0.05, 0.1) is 11.8 Å². The average Bonchev–Trinajstić information content (AvgIpc) is 2.47. The summed E-state index contributed by atoms with van der Waals surface area (Å²) in [5.41, 5.74) is 1.75. The van der Waals surface area contributed by atoms with Crippen molar-refractivity contribution in [3.05, 3.63) is 71.8 Å². The quantitative estimate of drug-likeness (QED) is 0.909. The molecule has 0 aliphatic heterocycles. The third kappa shape index (κ3) is 2.26. The predicted molar refractivity (Wildman–Crippen MR) is 80.6 cm³/mol. The SMILES string of the molecule is O=C(O)[C@H]1[C@H](C(=O)O)[C@H](c2ccccc2)[C@H]1c1ccccc1. The number of carboxylic acids is 2. The molecule has 0 aromatic heterocycles. The molecule has 1 saturated carbocycles. The second kappa shape index (κ2) is 5.64. The van der Waals surface area contributed by atoms with Crippen molar-refractivity contribution in [2.24, 2.45) is 11.8 Å². The molecule has 0 bridgehead atoms. The molecule has 1 aliphatic carbocycles. The average molecular weight is 296 g/mol. The smallest absolute Gasteiger partial charge is 0.308 e. The summed E-state index contributed by atoms with van der Waals surface area (Å²) in [5.74, 6) is -4.53. The van der Waals surface area contributed by atoms with Gasteiger partial charge in [-0.15, -0.1) is 0 Å². The van der Waals surface area contributed by atoms with Crippen LogP contribution in [0.1, 0.15) is 23.0 Å². The molecule has 2 aromatic carbocycles. The van der Waals surface area contributed by atoms with E-state index in [4.69, 9.17) is 0 Å². The van der Waals surface area contributed by atoms with Crippen LogP contribution in [0.2, 0.25) is 0 Å². The maximum absolute atomic E-state index is 11.6. The minimum Gasteiger partial charge on any atom is -0.481 e. The third-order valence-electron chi connectivity index (χ3n) is 4.49. The number of hydrogen-bond donors (Lipinski definition) is 2. The van der Waals surface area contributed by atoms with Gasteiger partial charge in [-0.25, -0.2) is 0 Å². The summed E-state index contributed by atoms with van der Waals surface area (Å²) in [6.45, 7) is 0. The van der Waals surface area contributed by atoms with Crippen molar-refractivity contribution in [2.45, 2.75) is 11.8 Å². The molecule has 3 rings (SSSR count).